The van der Waals surface area contributed by atoms with Crippen LogP contribution in [0.15, 0.2) is 53.6 Å². The molecule has 3 aromatic rings. The van der Waals surface area contributed by atoms with Gasteiger partial charge in [-0.2, -0.15) is 0 Å². The van der Waals surface area contributed by atoms with Crippen molar-refractivity contribution in [1.29, 1.82) is 0 Å². The van der Waals surface area contributed by atoms with E-state index in [0.29, 0.717) is 61.3 Å². The van der Waals surface area contributed by atoms with Gasteiger partial charge in [0, 0.05) is 30.4 Å². The maximum atomic E-state index is 13.8. The number of rotatable bonds is 7. The van der Waals surface area contributed by atoms with Gasteiger partial charge in [-0.15, -0.1) is 0 Å². The molecule has 1 unspecified atom stereocenters. The summed E-state index contributed by atoms with van der Waals surface area (Å²) < 4.78 is 45.5. The molecule has 1 saturated heterocycles. The van der Waals surface area contributed by atoms with Crippen LogP contribution in [-0.4, -0.2) is 61.2 Å². The molecule has 10 nitrogen and oxygen atoms in total. The zero-order valence-corrected chi connectivity index (χ0v) is 22.2. The van der Waals surface area contributed by atoms with Crippen molar-refractivity contribution in [2.45, 2.75) is 54.3 Å². The van der Waals surface area contributed by atoms with Gasteiger partial charge in [0.15, 0.2) is 15.7 Å². The van der Waals surface area contributed by atoms with Gasteiger partial charge in [-0.05, 0) is 69.0 Å². The molecule has 1 aliphatic heterocycles. The van der Waals surface area contributed by atoms with Gasteiger partial charge >= 0.3 is 6.03 Å². The summed E-state index contributed by atoms with van der Waals surface area (Å²) in [5, 5.41) is 5.57. The maximum Gasteiger partial charge on any atom is 0.320 e. The number of nitrogens with one attached hydrogen (secondary N) is 2. The van der Waals surface area contributed by atoms with E-state index in [9.17, 15) is 17.6 Å². The predicted octanol–water partition coefficient (Wildman–Crippen LogP) is 3.65. The Morgan fingerprint density at radius 3 is 2.54 bits per heavy atom. The Morgan fingerprint density at radius 2 is 1.90 bits per heavy atom. The van der Waals surface area contributed by atoms with Crippen molar-refractivity contribution in [2.75, 3.05) is 30.0 Å². The third-order valence-electron chi connectivity index (χ3n) is 7.36. The first kappa shape index (κ1) is 25.6. The van der Waals surface area contributed by atoms with Gasteiger partial charge < -0.3 is 15.0 Å². The fourth-order valence-electron chi connectivity index (χ4n) is 4.79. The van der Waals surface area contributed by atoms with E-state index in [0.717, 1.165) is 25.0 Å². The number of aromatic nitrogens is 3. The van der Waals surface area contributed by atoms with E-state index >= 15 is 0 Å². The molecule has 204 valence electrons. The molecule has 2 amide bonds. The molecule has 3 heterocycles. The number of hydrogen-bond acceptors (Lipinski definition) is 8. The first-order valence-electron chi connectivity index (χ1n) is 13.0. The molecule has 2 aromatic heterocycles. The molecule has 0 bridgehead atoms. The summed E-state index contributed by atoms with van der Waals surface area (Å²) in [6, 6.07) is 10.0. The van der Waals surface area contributed by atoms with Crippen LogP contribution >= 0.6 is 0 Å². The molecular formula is C27H29FN6O4S. The van der Waals surface area contributed by atoms with E-state index < -0.39 is 20.4 Å². The number of pyridine rings is 1. The number of nitrogens with zero attached hydrogens (tertiary/aromatic N) is 4. The van der Waals surface area contributed by atoms with Crippen LogP contribution < -0.4 is 15.5 Å². The number of carbonyl (C=O) groups excluding carboxylic acids is 1. The minimum absolute atomic E-state index is 0.0351. The van der Waals surface area contributed by atoms with E-state index in [-0.39, 0.29) is 23.0 Å². The highest BCUT2D eigenvalue weighted by atomic mass is 32.2. The molecule has 3 fully saturated rings. The Bertz CT molecular complexity index is 1490. The van der Waals surface area contributed by atoms with Crippen LogP contribution in [0.3, 0.4) is 0 Å². The topological polar surface area (TPSA) is 126 Å². The van der Waals surface area contributed by atoms with E-state index in [2.05, 4.69) is 20.5 Å². The fourth-order valence-corrected chi connectivity index (χ4v) is 6.76. The van der Waals surface area contributed by atoms with Crippen molar-refractivity contribution >= 4 is 27.5 Å². The number of halogens is 1. The smallest absolute Gasteiger partial charge is 0.320 e. The number of ether oxygens (including phenoxy) is 1. The lowest BCUT2D eigenvalue weighted by Gasteiger charge is -2.34. The first-order chi connectivity index (χ1) is 18.7. The molecule has 0 spiro atoms. The van der Waals surface area contributed by atoms with E-state index in [1.165, 1.54) is 12.1 Å². The van der Waals surface area contributed by atoms with Crippen molar-refractivity contribution in [1.82, 2.24) is 20.3 Å². The lowest BCUT2D eigenvalue weighted by Crippen LogP contribution is -2.44. The maximum absolute atomic E-state index is 13.8. The van der Waals surface area contributed by atoms with Gasteiger partial charge in [0.05, 0.1) is 29.8 Å². The third kappa shape index (κ3) is 5.06. The second kappa shape index (κ2) is 9.83. The molecular weight excluding hydrogens is 523 g/mol. The quantitative estimate of drug-likeness (QED) is 0.426. The monoisotopic (exact) mass is 552 g/mol. The summed E-state index contributed by atoms with van der Waals surface area (Å²) in [6.45, 7) is 3.69. The second-order valence-electron chi connectivity index (χ2n) is 10.3. The van der Waals surface area contributed by atoms with Crippen LogP contribution in [0.25, 0.3) is 11.4 Å². The van der Waals surface area contributed by atoms with E-state index in [1.54, 1.807) is 24.4 Å². The van der Waals surface area contributed by atoms with Crippen LogP contribution in [0.5, 0.6) is 0 Å². The Kier molecular flexibility index (Phi) is 6.46. The summed E-state index contributed by atoms with van der Waals surface area (Å²) in [5.41, 5.74) is 0.985. The number of amides is 2. The number of carbonyl (C=O) groups is 1. The molecule has 0 radical (unpaired) electrons. The van der Waals surface area contributed by atoms with Crippen molar-refractivity contribution in [2.24, 2.45) is 0 Å². The Balaban J connectivity index is 1.37. The standard InChI is InChI=1S/C27H29FN6O4S/c1-17-16-38-13-12-34(17)24-14-22(27(10-11-27)39(36,37)21-7-3-19(28)4-8-21)31-25(33-24)18-2-9-23(29-15-18)32-26(35)30-20-5-6-20/h2-4,7-9,14-15,17,20H,5-6,10-13,16H2,1H3,(H2,29,30,32,35). The normalized spacial score (nSPS) is 20.4. The van der Waals surface area contributed by atoms with Gasteiger partial charge in [-0.3, -0.25) is 5.32 Å². The lowest BCUT2D eigenvalue weighted by molar-refractivity contribution is 0.0985. The minimum atomic E-state index is -3.85. The molecule has 1 aromatic carbocycles. The van der Waals surface area contributed by atoms with Crippen LogP contribution in [0.2, 0.25) is 0 Å². The molecule has 2 saturated carbocycles. The van der Waals surface area contributed by atoms with Gasteiger partial charge in [-0.1, -0.05) is 0 Å². The second-order valence-corrected chi connectivity index (χ2v) is 12.6. The van der Waals surface area contributed by atoms with Crippen LogP contribution in [-0.2, 0) is 19.3 Å². The van der Waals surface area contributed by atoms with Gasteiger partial charge in [-0.25, -0.2) is 32.6 Å². The first-order valence-corrected chi connectivity index (χ1v) is 14.5. The zero-order chi connectivity index (χ0) is 27.2. The zero-order valence-electron chi connectivity index (χ0n) is 21.4. The van der Waals surface area contributed by atoms with Crippen molar-refractivity contribution in [3.05, 3.63) is 60.2 Å². The van der Waals surface area contributed by atoms with Gasteiger partial charge in [0.1, 0.15) is 22.2 Å². The molecule has 12 heteroatoms. The van der Waals surface area contributed by atoms with Gasteiger partial charge in [0.2, 0.25) is 0 Å². The number of hydrogen-bond donors (Lipinski definition) is 2. The fraction of sp³-hybridized carbons (Fsp3) is 0.407. The SMILES string of the molecule is CC1COCCN1c1cc(C2(S(=O)(=O)c3ccc(F)cc3)CC2)nc(-c2ccc(NC(=O)NC3CC3)nc2)n1. The van der Waals surface area contributed by atoms with Crippen molar-refractivity contribution in [3.63, 3.8) is 0 Å². The summed E-state index contributed by atoms with van der Waals surface area (Å²) in [4.78, 5) is 28.1. The van der Waals surface area contributed by atoms with Crippen LogP contribution in [0.4, 0.5) is 20.8 Å². The summed E-state index contributed by atoms with van der Waals surface area (Å²) in [7, 11) is -3.85. The predicted molar refractivity (Wildman–Crippen MR) is 143 cm³/mol. The molecule has 39 heavy (non-hydrogen) atoms. The molecule has 6 rings (SSSR count). The Morgan fingerprint density at radius 1 is 1.13 bits per heavy atom. The van der Waals surface area contributed by atoms with Crippen LogP contribution in [0, 0.1) is 5.82 Å². The largest absolute Gasteiger partial charge is 0.377 e. The van der Waals surface area contributed by atoms with Crippen LogP contribution in [0.1, 0.15) is 38.3 Å². The molecule has 2 aliphatic carbocycles. The number of morpholine rings is 1. The average Bonchev–Trinajstić information content (AvgIpc) is 3.85. The third-order valence-corrected chi connectivity index (χ3v) is 9.90. The highest BCUT2D eigenvalue weighted by molar-refractivity contribution is 7.92. The van der Waals surface area contributed by atoms with Crippen molar-refractivity contribution in [3.8, 4) is 11.4 Å². The number of sulfone groups is 1. The van der Waals surface area contributed by atoms with E-state index in [1.807, 2.05) is 6.92 Å². The highest BCUT2D eigenvalue weighted by Crippen LogP contribution is 2.55. The Hall–Kier alpha value is -3.64. The lowest BCUT2D eigenvalue weighted by atomic mass is 10.2. The summed E-state index contributed by atoms with van der Waals surface area (Å²) in [5.74, 6) is 0.829. The summed E-state index contributed by atoms with van der Waals surface area (Å²) >= 11 is 0. The number of benzene rings is 1. The molecule has 1 atom stereocenters. The molecule has 2 N–H and O–H groups in total. The highest BCUT2D eigenvalue weighted by Gasteiger charge is 2.58. The van der Waals surface area contributed by atoms with Gasteiger partial charge in [0.25, 0.3) is 0 Å². The minimum Gasteiger partial charge on any atom is -0.377 e. The number of anilines is 2. The molecule has 3 aliphatic rings. The van der Waals surface area contributed by atoms with Crippen molar-refractivity contribution < 1.29 is 22.3 Å². The average molecular weight is 553 g/mol. The number of urea groups is 1. The Labute approximate surface area is 225 Å². The van der Waals surface area contributed by atoms with E-state index in [4.69, 9.17) is 14.7 Å². The summed E-state index contributed by atoms with van der Waals surface area (Å²) in [6.07, 6.45) is 4.33.